The standard InChI is InChI=1S/C21H27N3O5/c1-13(2)6-17(14(3)25)23-18(21(26)27)8-16-9-22-11-24(16)10-15-4-5-19-20(7-15)29-12-28-19/h4-5,7,9,11,13,17-18,23H,6,8,10,12H2,1-3H3,(H,26,27)/t17?,18-/m0/s1. The number of ketones is 1. The lowest BCUT2D eigenvalue weighted by atomic mass is 9.99. The third-order valence-corrected chi connectivity index (χ3v) is 4.90. The Morgan fingerprint density at radius 1 is 1.24 bits per heavy atom. The molecule has 2 heterocycles. The number of carboxylic acid groups (broad SMARTS) is 1. The van der Waals surface area contributed by atoms with Crippen molar-refractivity contribution in [3.05, 3.63) is 42.0 Å². The van der Waals surface area contributed by atoms with Gasteiger partial charge in [0.2, 0.25) is 6.79 Å². The van der Waals surface area contributed by atoms with Crippen molar-refractivity contribution in [3.63, 3.8) is 0 Å². The molecule has 1 aliphatic heterocycles. The zero-order valence-corrected chi connectivity index (χ0v) is 16.9. The Balaban J connectivity index is 1.72. The number of nitrogens with one attached hydrogen (secondary N) is 1. The van der Waals surface area contributed by atoms with E-state index in [9.17, 15) is 14.7 Å². The van der Waals surface area contributed by atoms with E-state index in [-0.39, 0.29) is 24.9 Å². The molecule has 3 rings (SSSR count). The van der Waals surface area contributed by atoms with Gasteiger partial charge in [0.05, 0.1) is 12.4 Å². The summed E-state index contributed by atoms with van der Waals surface area (Å²) in [6.45, 7) is 6.25. The number of carbonyl (C=O) groups is 2. The van der Waals surface area contributed by atoms with E-state index in [1.807, 2.05) is 36.6 Å². The largest absolute Gasteiger partial charge is 0.480 e. The van der Waals surface area contributed by atoms with Crippen LogP contribution in [0.15, 0.2) is 30.7 Å². The molecule has 0 saturated heterocycles. The van der Waals surface area contributed by atoms with Crippen LogP contribution in [0.4, 0.5) is 0 Å². The van der Waals surface area contributed by atoms with Crippen molar-refractivity contribution in [2.24, 2.45) is 5.92 Å². The molecule has 1 unspecified atom stereocenters. The molecule has 1 aromatic carbocycles. The van der Waals surface area contributed by atoms with Crippen molar-refractivity contribution < 1.29 is 24.2 Å². The first-order chi connectivity index (χ1) is 13.8. The van der Waals surface area contributed by atoms with E-state index < -0.39 is 18.1 Å². The number of benzene rings is 1. The average Bonchev–Trinajstić information content (AvgIpc) is 3.28. The van der Waals surface area contributed by atoms with Crippen molar-refractivity contribution >= 4 is 11.8 Å². The van der Waals surface area contributed by atoms with Gasteiger partial charge >= 0.3 is 5.97 Å². The second-order valence-electron chi connectivity index (χ2n) is 7.75. The van der Waals surface area contributed by atoms with Crippen molar-refractivity contribution in [3.8, 4) is 11.5 Å². The van der Waals surface area contributed by atoms with E-state index in [2.05, 4.69) is 10.3 Å². The number of aromatic nitrogens is 2. The van der Waals surface area contributed by atoms with Gasteiger partial charge in [-0.05, 0) is 37.0 Å². The summed E-state index contributed by atoms with van der Waals surface area (Å²) in [7, 11) is 0. The molecule has 8 nitrogen and oxygen atoms in total. The predicted molar refractivity (Wildman–Crippen MR) is 106 cm³/mol. The van der Waals surface area contributed by atoms with E-state index in [0.717, 1.165) is 17.0 Å². The van der Waals surface area contributed by atoms with Crippen LogP contribution in [-0.4, -0.2) is 45.3 Å². The van der Waals surface area contributed by atoms with Crippen LogP contribution < -0.4 is 14.8 Å². The van der Waals surface area contributed by atoms with E-state index in [4.69, 9.17) is 9.47 Å². The fourth-order valence-corrected chi connectivity index (χ4v) is 3.39. The van der Waals surface area contributed by atoms with Gasteiger partial charge in [-0.1, -0.05) is 19.9 Å². The number of nitrogens with zero attached hydrogens (tertiary/aromatic N) is 2. The number of ether oxygens (including phenoxy) is 2. The Hall–Kier alpha value is -2.87. The molecule has 0 radical (unpaired) electrons. The van der Waals surface area contributed by atoms with Crippen molar-refractivity contribution in [2.45, 2.75) is 52.2 Å². The number of carboxylic acids is 1. The molecule has 2 N–H and O–H groups in total. The summed E-state index contributed by atoms with van der Waals surface area (Å²) >= 11 is 0. The number of Topliss-reactive ketones (excluding diaryl/α,β-unsaturated/α-hetero) is 1. The van der Waals surface area contributed by atoms with Crippen molar-refractivity contribution in [2.75, 3.05) is 6.79 Å². The molecule has 1 aliphatic rings. The molecular formula is C21H27N3O5. The quantitative estimate of drug-likeness (QED) is 0.629. The van der Waals surface area contributed by atoms with Crippen LogP contribution in [0.25, 0.3) is 0 Å². The maximum absolute atomic E-state index is 11.9. The van der Waals surface area contributed by atoms with Gasteiger partial charge in [-0.2, -0.15) is 0 Å². The maximum Gasteiger partial charge on any atom is 0.321 e. The zero-order valence-electron chi connectivity index (χ0n) is 16.9. The van der Waals surface area contributed by atoms with Gasteiger partial charge < -0.3 is 19.1 Å². The van der Waals surface area contributed by atoms with Crippen LogP contribution in [0.2, 0.25) is 0 Å². The van der Waals surface area contributed by atoms with Crippen LogP contribution in [-0.2, 0) is 22.6 Å². The summed E-state index contributed by atoms with van der Waals surface area (Å²) < 4.78 is 12.7. The SMILES string of the molecule is CC(=O)C(CC(C)C)N[C@@H](Cc1cncn1Cc1ccc2c(c1)OCO2)C(=O)O. The highest BCUT2D eigenvalue weighted by Crippen LogP contribution is 2.32. The third-order valence-electron chi connectivity index (χ3n) is 4.90. The van der Waals surface area contributed by atoms with E-state index in [1.54, 1.807) is 12.5 Å². The normalized spacial score (nSPS) is 14.8. The Morgan fingerprint density at radius 3 is 2.69 bits per heavy atom. The summed E-state index contributed by atoms with van der Waals surface area (Å²) in [6.07, 6.45) is 4.16. The number of hydrogen-bond acceptors (Lipinski definition) is 6. The number of fused-ring (bicyclic) bond motifs is 1. The molecule has 1 aromatic heterocycles. The molecule has 2 atom stereocenters. The van der Waals surface area contributed by atoms with Gasteiger partial charge in [0, 0.05) is 24.9 Å². The van der Waals surface area contributed by atoms with Crippen LogP contribution >= 0.6 is 0 Å². The molecule has 8 heteroatoms. The van der Waals surface area contributed by atoms with Crippen LogP contribution in [0, 0.1) is 5.92 Å². The smallest absolute Gasteiger partial charge is 0.321 e. The molecule has 0 bridgehead atoms. The number of imidazole rings is 1. The van der Waals surface area contributed by atoms with Crippen molar-refractivity contribution in [1.29, 1.82) is 0 Å². The van der Waals surface area contributed by atoms with Crippen molar-refractivity contribution in [1.82, 2.24) is 14.9 Å². The Labute approximate surface area is 169 Å². The first-order valence-electron chi connectivity index (χ1n) is 9.70. The highest BCUT2D eigenvalue weighted by atomic mass is 16.7. The Kier molecular flexibility index (Phi) is 6.53. The van der Waals surface area contributed by atoms with E-state index >= 15 is 0 Å². The highest BCUT2D eigenvalue weighted by Gasteiger charge is 2.26. The molecule has 29 heavy (non-hydrogen) atoms. The Morgan fingerprint density at radius 2 is 2.00 bits per heavy atom. The van der Waals surface area contributed by atoms with Gasteiger partial charge in [0.25, 0.3) is 0 Å². The summed E-state index contributed by atoms with van der Waals surface area (Å²) in [5.41, 5.74) is 1.77. The fourth-order valence-electron chi connectivity index (χ4n) is 3.39. The minimum Gasteiger partial charge on any atom is -0.480 e. The van der Waals surface area contributed by atoms with Gasteiger partial charge in [-0.3, -0.25) is 14.9 Å². The molecule has 0 aliphatic carbocycles. The number of aliphatic carboxylic acids is 1. The van der Waals surface area contributed by atoms with Gasteiger partial charge in [-0.25, -0.2) is 4.98 Å². The minimum atomic E-state index is -0.990. The molecule has 2 aromatic rings. The van der Waals surface area contributed by atoms with Gasteiger partial charge in [0.1, 0.15) is 11.8 Å². The van der Waals surface area contributed by atoms with E-state index in [1.165, 1.54) is 6.92 Å². The maximum atomic E-state index is 11.9. The van der Waals surface area contributed by atoms with Crippen LogP contribution in [0.5, 0.6) is 11.5 Å². The fraction of sp³-hybridized carbons (Fsp3) is 0.476. The zero-order chi connectivity index (χ0) is 21.0. The lowest BCUT2D eigenvalue weighted by Crippen LogP contribution is -2.48. The first kappa shape index (κ1) is 20.9. The second kappa shape index (κ2) is 9.09. The van der Waals surface area contributed by atoms with Gasteiger partial charge in [-0.15, -0.1) is 0 Å². The van der Waals surface area contributed by atoms with Crippen LogP contribution in [0.1, 0.15) is 38.4 Å². The first-order valence-corrected chi connectivity index (χ1v) is 9.70. The molecule has 0 spiro atoms. The topological polar surface area (TPSA) is 103 Å². The van der Waals surface area contributed by atoms with E-state index in [0.29, 0.717) is 18.7 Å². The molecule has 0 saturated carbocycles. The summed E-state index contributed by atoms with van der Waals surface area (Å²) in [5, 5.41) is 12.7. The average molecular weight is 401 g/mol. The summed E-state index contributed by atoms with van der Waals surface area (Å²) in [5.74, 6) is 0.652. The Bertz CT molecular complexity index is 877. The molecule has 156 valence electrons. The lowest BCUT2D eigenvalue weighted by molar-refractivity contribution is -0.139. The predicted octanol–water partition coefficient (Wildman–Crippen LogP) is 2.25. The van der Waals surface area contributed by atoms with Crippen LogP contribution in [0.3, 0.4) is 0 Å². The monoisotopic (exact) mass is 401 g/mol. The third kappa shape index (κ3) is 5.35. The number of carbonyl (C=O) groups excluding carboxylic acids is 1. The van der Waals surface area contributed by atoms with Gasteiger partial charge in [0.15, 0.2) is 11.5 Å². The second-order valence-corrected chi connectivity index (χ2v) is 7.75. The molecule has 0 amide bonds. The summed E-state index contributed by atoms with van der Waals surface area (Å²) in [4.78, 5) is 28.0. The number of rotatable bonds is 10. The summed E-state index contributed by atoms with van der Waals surface area (Å²) in [6, 6.07) is 4.35. The molecular weight excluding hydrogens is 374 g/mol. The number of hydrogen-bond donors (Lipinski definition) is 2. The lowest BCUT2D eigenvalue weighted by Gasteiger charge is -2.23. The minimum absolute atomic E-state index is 0.0567. The molecule has 0 fully saturated rings. The highest BCUT2D eigenvalue weighted by molar-refractivity contribution is 5.83.